The van der Waals surface area contributed by atoms with Crippen LogP contribution in [0.4, 0.5) is 0 Å². The highest BCUT2D eigenvalue weighted by atomic mass is 79.9. The molecule has 1 atom stereocenters. The van der Waals surface area contributed by atoms with Crippen LogP contribution in [0.25, 0.3) is 0 Å². The van der Waals surface area contributed by atoms with E-state index in [0.717, 1.165) is 16.6 Å². The lowest BCUT2D eigenvalue weighted by Crippen LogP contribution is -1.93. The third kappa shape index (κ3) is 2.91. The Bertz CT molecular complexity index is 538. The van der Waals surface area contributed by atoms with Crippen LogP contribution in [-0.2, 0) is 6.54 Å². The van der Waals surface area contributed by atoms with Gasteiger partial charge in [0.25, 0.3) is 0 Å². The third-order valence-corrected chi connectivity index (χ3v) is 3.22. The van der Waals surface area contributed by atoms with Crippen LogP contribution in [0.15, 0.2) is 35.1 Å². The van der Waals surface area contributed by atoms with Crippen LogP contribution in [-0.4, -0.2) is 14.9 Å². The first-order valence-corrected chi connectivity index (χ1v) is 6.57. The predicted octanol–water partition coefficient (Wildman–Crippen LogP) is 3.51. The SMILES string of the molecule is CCn1cc(Oc2ccc([C@@H](C)O)cc2Br)cn1. The fraction of sp³-hybridized carbons (Fsp3) is 0.308. The summed E-state index contributed by atoms with van der Waals surface area (Å²) < 4.78 is 8.32. The van der Waals surface area contributed by atoms with E-state index in [1.54, 1.807) is 17.8 Å². The molecule has 1 heterocycles. The van der Waals surface area contributed by atoms with Gasteiger partial charge in [-0.3, -0.25) is 4.68 Å². The van der Waals surface area contributed by atoms with Gasteiger partial charge in [0.2, 0.25) is 0 Å². The molecule has 0 bridgehead atoms. The van der Waals surface area contributed by atoms with Gasteiger partial charge in [-0.05, 0) is 47.5 Å². The van der Waals surface area contributed by atoms with Crippen molar-refractivity contribution in [1.82, 2.24) is 9.78 Å². The minimum atomic E-state index is -0.488. The minimum Gasteiger partial charge on any atom is -0.453 e. The Labute approximate surface area is 114 Å². The zero-order chi connectivity index (χ0) is 13.1. The first kappa shape index (κ1) is 13.1. The Balaban J connectivity index is 2.19. The predicted molar refractivity (Wildman–Crippen MR) is 72.8 cm³/mol. The van der Waals surface area contributed by atoms with Gasteiger partial charge in [-0.15, -0.1) is 0 Å². The van der Waals surface area contributed by atoms with Gasteiger partial charge < -0.3 is 9.84 Å². The smallest absolute Gasteiger partial charge is 0.165 e. The van der Waals surface area contributed by atoms with E-state index < -0.39 is 6.10 Å². The van der Waals surface area contributed by atoms with Gasteiger partial charge in [-0.2, -0.15) is 5.10 Å². The second-order valence-electron chi connectivity index (χ2n) is 4.00. The molecule has 0 aliphatic heterocycles. The molecule has 0 fully saturated rings. The van der Waals surface area contributed by atoms with Crippen molar-refractivity contribution in [1.29, 1.82) is 0 Å². The van der Waals surface area contributed by atoms with Crippen molar-refractivity contribution in [2.45, 2.75) is 26.5 Å². The fourth-order valence-electron chi connectivity index (χ4n) is 1.56. The van der Waals surface area contributed by atoms with Crippen LogP contribution in [0.2, 0.25) is 0 Å². The lowest BCUT2D eigenvalue weighted by atomic mass is 10.1. The maximum Gasteiger partial charge on any atom is 0.165 e. The highest BCUT2D eigenvalue weighted by Gasteiger charge is 2.08. The Morgan fingerprint density at radius 2 is 2.28 bits per heavy atom. The van der Waals surface area contributed by atoms with E-state index in [1.165, 1.54) is 0 Å². The van der Waals surface area contributed by atoms with Crippen molar-refractivity contribution < 1.29 is 9.84 Å². The summed E-state index contributed by atoms with van der Waals surface area (Å²) in [5.41, 5.74) is 0.846. The monoisotopic (exact) mass is 310 g/mol. The molecule has 0 amide bonds. The van der Waals surface area contributed by atoms with E-state index >= 15 is 0 Å². The number of nitrogens with zero attached hydrogens (tertiary/aromatic N) is 2. The molecule has 0 saturated carbocycles. The second kappa shape index (κ2) is 5.54. The average Bonchev–Trinajstić information content (AvgIpc) is 2.79. The van der Waals surface area contributed by atoms with Crippen LogP contribution in [0.5, 0.6) is 11.5 Å². The summed E-state index contributed by atoms with van der Waals surface area (Å²) in [6.07, 6.45) is 3.03. The summed E-state index contributed by atoms with van der Waals surface area (Å²) in [5.74, 6) is 1.40. The van der Waals surface area contributed by atoms with Gasteiger partial charge in [-0.25, -0.2) is 0 Å². The molecule has 1 aromatic heterocycles. The fourth-order valence-corrected chi connectivity index (χ4v) is 2.03. The summed E-state index contributed by atoms with van der Waals surface area (Å²) in [6, 6.07) is 5.52. The molecule has 1 aromatic carbocycles. The molecule has 1 N–H and O–H groups in total. The number of rotatable bonds is 4. The van der Waals surface area contributed by atoms with Gasteiger partial charge in [-0.1, -0.05) is 6.07 Å². The maximum atomic E-state index is 9.49. The first-order chi connectivity index (χ1) is 8.60. The molecule has 0 unspecified atom stereocenters. The van der Waals surface area contributed by atoms with Gasteiger partial charge in [0.05, 0.1) is 23.0 Å². The molecule has 4 nitrogen and oxygen atoms in total. The van der Waals surface area contributed by atoms with Gasteiger partial charge in [0, 0.05) is 6.54 Å². The first-order valence-electron chi connectivity index (χ1n) is 5.78. The molecule has 18 heavy (non-hydrogen) atoms. The number of halogens is 1. The Hall–Kier alpha value is -1.33. The summed E-state index contributed by atoms with van der Waals surface area (Å²) in [5, 5.41) is 13.6. The van der Waals surface area contributed by atoms with Crippen molar-refractivity contribution in [2.24, 2.45) is 0 Å². The molecular formula is C13H15BrN2O2. The van der Waals surface area contributed by atoms with Crippen molar-refractivity contribution in [3.63, 3.8) is 0 Å². The highest BCUT2D eigenvalue weighted by Crippen LogP contribution is 2.31. The Kier molecular flexibility index (Phi) is 4.04. The molecule has 0 radical (unpaired) electrons. The third-order valence-electron chi connectivity index (χ3n) is 2.60. The zero-order valence-corrected chi connectivity index (χ0v) is 11.9. The van der Waals surface area contributed by atoms with Gasteiger partial charge in [0.1, 0.15) is 5.75 Å². The number of hydrogen-bond acceptors (Lipinski definition) is 3. The molecular weight excluding hydrogens is 296 g/mol. The zero-order valence-electron chi connectivity index (χ0n) is 10.3. The van der Waals surface area contributed by atoms with E-state index in [9.17, 15) is 5.11 Å². The minimum absolute atomic E-state index is 0.488. The molecule has 0 spiro atoms. The average molecular weight is 311 g/mol. The molecule has 0 aliphatic carbocycles. The topological polar surface area (TPSA) is 47.3 Å². The van der Waals surface area contributed by atoms with Crippen molar-refractivity contribution in [3.8, 4) is 11.5 Å². The molecule has 96 valence electrons. The number of aryl methyl sites for hydroxylation is 1. The number of aliphatic hydroxyl groups is 1. The van der Waals surface area contributed by atoms with E-state index in [0.29, 0.717) is 11.5 Å². The number of aliphatic hydroxyl groups excluding tert-OH is 1. The van der Waals surface area contributed by atoms with Crippen molar-refractivity contribution in [2.75, 3.05) is 0 Å². The molecule has 5 heteroatoms. The largest absolute Gasteiger partial charge is 0.453 e. The second-order valence-corrected chi connectivity index (χ2v) is 4.85. The summed E-state index contributed by atoms with van der Waals surface area (Å²) >= 11 is 3.43. The molecule has 2 aromatic rings. The van der Waals surface area contributed by atoms with Gasteiger partial charge in [0.15, 0.2) is 5.75 Å². The van der Waals surface area contributed by atoms with E-state index in [1.807, 2.05) is 31.3 Å². The quantitative estimate of drug-likeness (QED) is 0.940. The van der Waals surface area contributed by atoms with Crippen LogP contribution < -0.4 is 4.74 Å². The molecule has 2 rings (SSSR count). The highest BCUT2D eigenvalue weighted by molar-refractivity contribution is 9.10. The standard InChI is InChI=1S/C13H15BrN2O2/c1-3-16-8-11(7-15-16)18-13-5-4-10(9(2)17)6-12(13)14/h4-9,17H,3H2,1-2H3/t9-/m1/s1. The number of benzene rings is 1. The molecule has 0 saturated heterocycles. The Morgan fingerprint density at radius 1 is 1.50 bits per heavy atom. The normalized spacial score (nSPS) is 12.4. The van der Waals surface area contributed by atoms with Crippen molar-refractivity contribution >= 4 is 15.9 Å². The van der Waals surface area contributed by atoms with Gasteiger partial charge >= 0.3 is 0 Å². The summed E-state index contributed by atoms with van der Waals surface area (Å²) in [6.45, 7) is 4.56. The van der Waals surface area contributed by atoms with Crippen LogP contribution >= 0.6 is 15.9 Å². The lowest BCUT2D eigenvalue weighted by molar-refractivity contribution is 0.199. The number of aromatic nitrogens is 2. The van der Waals surface area contributed by atoms with Crippen LogP contribution in [0.3, 0.4) is 0 Å². The summed E-state index contributed by atoms with van der Waals surface area (Å²) in [4.78, 5) is 0. The number of ether oxygens (including phenoxy) is 1. The summed E-state index contributed by atoms with van der Waals surface area (Å²) in [7, 11) is 0. The van der Waals surface area contributed by atoms with Crippen LogP contribution in [0, 0.1) is 0 Å². The Morgan fingerprint density at radius 3 is 2.83 bits per heavy atom. The number of hydrogen-bond donors (Lipinski definition) is 1. The van der Waals surface area contributed by atoms with E-state index in [2.05, 4.69) is 21.0 Å². The van der Waals surface area contributed by atoms with E-state index in [4.69, 9.17) is 4.74 Å². The lowest BCUT2D eigenvalue weighted by Gasteiger charge is -2.09. The van der Waals surface area contributed by atoms with E-state index in [-0.39, 0.29) is 0 Å². The maximum absolute atomic E-state index is 9.49. The van der Waals surface area contributed by atoms with Crippen LogP contribution in [0.1, 0.15) is 25.5 Å². The molecule has 0 aliphatic rings. The van der Waals surface area contributed by atoms with Crippen molar-refractivity contribution in [3.05, 3.63) is 40.6 Å².